The first-order chi connectivity index (χ1) is 16.0. The number of carboxylic acids is 1. The molecule has 174 valence electrons. The Morgan fingerprint density at radius 2 is 2.00 bits per heavy atom. The average molecular weight is 454 g/mol. The van der Waals surface area contributed by atoms with Crippen molar-refractivity contribution in [3.8, 4) is 11.5 Å². The van der Waals surface area contributed by atoms with Crippen molar-refractivity contribution in [2.45, 2.75) is 51.9 Å². The van der Waals surface area contributed by atoms with Gasteiger partial charge in [0.05, 0.1) is 24.9 Å². The lowest BCUT2D eigenvalue weighted by Crippen LogP contribution is -2.25. The van der Waals surface area contributed by atoms with Gasteiger partial charge in [-0.25, -0.2) is 14.2 Å². The minimum Gasteiger partial charge on any atom is -0.478 e. The van der Waals surface area contributed by atoms with Crippen LogP contribution in [0.4, 0.5) is 4.39 Å². The largest absolute Gasteiger partial charge is 0.478 e. The van der Waals surface area contributed by atoms with Crippen LogP contribution in [0.5, 0.6) is 0 Å². The van der Waals surface area contributed by atoms with E-state index in [1.54, 1.807) is 37.5 Å². The number of rotatable bonds is 9. The number of aromatic nitrogens is 1. The van der Waals surface area contributed by atoms with Crippen LogP contribution in [0.25, 0.3) is 11.5 Å². The molecule has 1 aliphatic rings. The number of nitrogens with zero attached hydrogens (tertiary/aromatic N) is 1. The number of oxazole rings is 1. The Kier molecular flexibility index (Phi) is 7.52. The molecule has 0 radical (unpaired) electrons. The summed E-state index contributed by atoms with van der Waals surface area (Å²) < 4.78 is 30.6. The molecule has 0 spiro atoms. The summed E-state index contributed by atoms with van der Waals surface area (Å²) in [6.07, 6.45) is 5.69. The summed E-state index contributed by atoms with van der Waals surface area (Å²) in [5.41, 5.74) is 3.19. The van der Waals surface area contributed by atoms with Crippen LogP contribution in [0.2, 0.25) is 0 Å². The van der Waals surface area contributed by atoms with Crippen molar-refractivity contribution in [3.05, 3.63) is 76.9 Å². The molecule has 0 amide bonds. The fourth-order valence-corrected chi connectivity index (χ4v) is 4.34. The van der Waals surface area contributed by atoms with E-state index in [0.717, 1.165) is 36.8 Å². The van der Waals surface area contributed by atoms with Gasteiger partial charge in [0.2, 0.25) is 5.89 Å². The summed E-state index contributed by atoms with van der Waals surface area (Å²) in [5.74, 6) is -0.409. The van der Waals surface area contributed by atoms with Gasteiger partial charge in [-0.3, -0.25) is 0 Å². The Morgan fingerprint density at radius 3 is 2.79 bits per heavy atom. The molecule has 0 bridgehead atoms. The Morgan fingerprint density at radius 1 is 1.18 bits per heavy atom. The maximum atomic E-state index is 13.1. The molecular formula is C26H28FNO5. The molecule has 1 aromatic heterocycles. The quantitative estimate of drug-likeness (QED) is 0.442. The van der Waals surface area contributed by atoms with Crippen LogP contribution in [-0.2, 0) is 22.7 Å². The summed E-state index contributed by atoms with van der Waals surface area (Å²) in [4.78, 5) is 16.0. The summed E-state index contributed by atoms with van der Waals surface area (Å²) in [6.45, 7) is 3.02. The second-order valence-corrected chi connectivity index (χ2v) is 8.55. The van der Waals surface area contributed by atoms with Crippen LogP contribution in [0.3, 0.4) is 0 Å². The van der Waals surface area contributed by atoms with E-state index in [0.29, 0.717) is 41.8 Å². The van der Waals surface area contributed by atoms with Gasteiger partial charge in [-0.15, -0.1) is 0 Å². The molecular weight excluding hydrogens is 425 g/mol. The highest BCUT2D eigenvalue weighted by Gasteiger charge is 2.23. The first-order valence-electron chi connectivity index (χ1n) is 11.2. The number of hydrogen-bond acceptors (Lipinski definition) is 5. The highest BCUT2D eigenvalue weighted by Crippen LogP contribution is 2.28. The van der Waals surface area contributed by atoms with Crippen LogP contribution in [-0.4, -0.2) is 28.8 Å². The van der Waals surface area contributed by atoms with Crippen molar-refractivity contribution < 1.29 is 28.2 Å². The molecule has 1 saturated carbocycles. The zero-order valence-electron chi connectivity index (χ0n) is 18.6. The van der Waals surface area contributed by atoms with Gasteiger partial charge < -0.3 is 19.0 Å². The van der Waals surface area contributed by atoms with Crippen LogP contribution < -0.4 is 0 Å². The third-order valence-corrected chi connectivity index (χ3v) is 6.03. The first-order valence-corrected chi connectivity index (χ1v) is 11.2. The minimum atomic E-state index is -0.923. The minimum absolute atomic E-state index is 0.117. The van der Waals surface area contributed by atoms with Gasteiger partial charge in [-0.1, -0.05) is 24.6 Å². The first kappa shape index (κ1) is 23.1. The highest BCUT2D eigenvalue weighted by molar-refractivity contribution is 5.91. The Hall–Kier alpha value is -3.03. The van der Waals surface area contributed by atoms with Crippen LogP contribution in [0.15, 0.2) is 53.1 Å². The second kappa shape index (κ2) is 10.7. The predicted octanol–water partition coefficient (Wildman–Crippen LogP) is 5.78. The molecule has 3 aromatic rings. The van der Waals surface area contributed by atoms with E-state index in [4.69, 9.17) is 13.9 Å². The molecule has 33 heavy (non-hydrogen) atoms. The smallest absolute Gasteiger partial charge is 0.336 e. The lowest BCUT2D eigenvalue weighted by molar-refractivity contribution is -0.0187. The van der Waals surface area contributed by atoms with E-state index in [9.17, 15) is 14.3 Å². The van der Waals surface area contributed by atoms with Crippen molar-refractivity contribution in [2.24, 2.45) is 5.92 Å². The molecule has 0 aliphatic heterocycles. The fraction of sp³-hybridized carbons (Fsp3) is 0.385. The Labute approximate surface area is 192 Å². The van der Waals surface area contributed by atoms with Gasteiger partial charge in [0, 0.05) is 12.2 Å². The predicted molar refractivity (Wildman–Crippen MR) is 120 cm³/mol. The molecule has 1 fully saturated rings. The Bertz CT molecular complexity index is 1080. The van der Waals surface area contributed by atoms with Gasteiger partial charge in [0.15, 0.2) is 0 Å². The van der Waals surface area contributed by atoms with E-state index in [-0.39, 0.29) is 18.5 Å². The summed E-state index contributed by atoms with van der Waals surface area (Å²) >= 11 is 0. The Balaban J connectivity index is 1.25. The van der Waals surface area contributed by atoms with Gasteiger partial charge in [-0.2, -0.15) is 0 Å². The SMILES string of the molecule is Cc1cccc(COCC2CCCC(OCc3coc(-c4ccc(F)cc4)n3)C2)c1C(=O)O. The molecule has 7 heteroatoms. The second-order valence-electron chi connectivity index (χ2n) is 8.55. The molecule has 1 heterocycles. The van der Waals surface area contributed by atoms with E-state index in [1.807, 2.05) is 6.07 Å². The normalized spacial score (nSPS) is 18.4. The number of ether oxygens (including phenoxy) is 2. The molecule has 1 aliphatic carbocycles. The van der Waals surface area contributed by atoms with E-state index >= 15 is 0 Å². The van der Waals surface area contributed by atoms with Crippen molar-refractivity contribution in [1.82, 2.24) is 4.98 Å². The standard InChI is InChI=1S/C26H28FNO5/c1-17-4-2-6-20(24(17)26(29)30)14-31-13-18-5-3-7-23(12-18)32-15-22-16-33-25(28-22)19-8-10-21(27)11-9-19/h2,4,6,8-11,16,18,23H,3,5,7,12-15H2,1H3,(H,29,30). The van der Waals surface area contributed by atoms with E-state index in [2.05, 4.69) is 4.98 Å². The average Bonchev–Trinajstić information content (AvgIpc) is 3.27. The van der Waals surface area contributed by atoms with Crippen LogP contribution >= 0.6 is 0 Å². The van der Waals surface area contributed by atoms with Crippen molar-refractivity contribution in [3.63, 3.8) is 0 Å². The molecule has 1 N–H and O–H groups in total. The number of aromatic carboxylic acids is 1. The number of halogens is 1. The fourth-order valence-electron chi connectivity index (χ4n) is 4.34. The third-order valence-electron chi connectivity index (χ3n) is 6.03. The number of carbonyl (C=O) groups is 1. The number of carboxylic acid groups (broad SMARTS) is 1. The topological polar surface area (TPSA) is 81.8 Å². The van der Waals surface area contributed by atoms with Gasteiger partial charge in [-0.05, 0) is 67.5 Å². The van der Waals surface area contributed by atoms with Gasteiger partial charge >= 0.3 is 5.97 Å². The van der Waals surface area contributed by atoms with Gasteiger partial charge in [0.1, 0.15) is 17.8 Å². The molecule has 6 nitrogen and oxygen atoms in total. The summed E-state index contributed by atoms with van der Waals surface area (Å²) in [5, 5.41) is 9.46. The number of benzene rings is 2. The third kappa shape index (κ3) is 6.06. The van der Waals surface area contributed by atoms with Crippen LogP contribution in [0, 0.1) is 18.7 Å². The summed E-state index contributed by atoms with van der Waals surface area (Å²) in [6, 6.07) is 11.5. The molecule has 4 rings (SSSR count). The molecule has 2 atom stereocenters. The maximum absolute atomic E-state index is 13.1. The monoisotopic (exact) mass is 453 g/mol. The van der Waals surface area contributed by atoms with Crippen molar-refractivity contribution in [1.29, 1.82) is 0 Å². The van der Waals surface area contributed by atoms with E-state index in [1.165, 1.54) is 12.1 Å². The van der Waals surface area contributed by atoms with Crippen LogP contribution in [0.1, 0.15) is 52.9 Å². The molecule has 2 aromatic carbocycles. The maximum Gasteiger partial charge on any atom is 0.336 e. The molecule has 2 unspecified atom stereocenters. The zero-order valence-corrected chi connectivity index (χ0v) is 18.6. The van der Waals surface area contributed by atoms with Crippen molar-refractivity contribution >= 4 is 5.97 Å². The highest BCUT2D eigenvalue weighted by atomic mass is 19.1. The number of hydrogen-bond donors (Lipinski definition) is 1. The molecule has 0 saturated heterocycles. The lowest BCUT2D eigenvalue weighted by Gasteiger charge is -2.29. The van der Waals surface area contributed by atoms with E-state index < -0.39 is 5.97 Å². The zero-order chi connectivity index (χ0) is 23.2. The van der Waals surface area contributed by atoms with Crippen molar-refractivity contribution in [2.75, 3.05) is 6.61 Å². The summed E-state index contributed by atoms with van der Waals surface area (Å²) in [7, 11) is 0. The number of aryl methyl sites for hydroxylation is 1. The van der Waals surface area contributed by atoms with Gasteiger partial charge in [0.25, 0.3) is 0 Å². The lowest BCUT2D eigenvalue weighted by atomic mass is 9.88.